The number of benzene rings is 1. The lowest BCUT2D eigenvalue weighted by molar-refractivity contribution is 0.0562. The van der Waals surface area contributed by atoms with Gasteiger partial charge in [0.05, 0.1) is 13.2 Å². The molecule has 0 aliphatic rings. The highest BCUT2D eigenvalue weighted by molar-refractivity contribution is 5.86. The Labute approximate surface area is 105 Å². The molecule has 0 radical (unpaired) electrons. The Hall–Kier alpha value is -2.07. The molecule has 0 amide bonds. The maximum Gasteiger partial charge on any atom is 0.373 e. The summed E-state index contributed by atoms with van der Waals surface area (Å²) in [6.07, 6.45) is 0.662. The van der Waals surface area contributed by atoms with Crippen molar-refractivity contribution >= 4 is 5.97 Å². The number of methoxy groups -OCH3 is 1. The molecule has 0 aliphatic carbocycles. The average Bonchev–Trinajstić information content (AvgIpc) is 2.88. The lowest BCUT2D eigenvalue weighted by Crippen LogP contribution is -2.12. The standard InChI is InChI=1S/C14H15NO3/c1-17-14(16)13-8-7-12(18-13)11(15)9-10-5-3-2-4-6-10/h2-8,11H,9,15H2,1H3. The molecule has 94 valence electrons. The van der Waals surface area contributed by atoms with Gasteiger partial charge in [-0.25, -0.2) is 4.79 Å². The highest BCUT2D eigenvalue weighted by atomic mass is 16.5. The largest absolute Gasteiger partial charge is 0.463 e. The first-order chi connectivity index (χ1) is 8.70. The van der Waals surface area contributed by atoms with Crippen LogP contribution in [0.1, 0.15) is 27.9 Å². The van der Waals surface area contributed by atoms with Crippen LogP contribution in [0.15, 0.2) is 46.9 Å². The third-order valence-corrected chi connectivity index (χ3v) is 2.68. The van der Waals surface area contributed by atoms with Crippen LogP contribution in [-0.4, -0.2) is 13.1 Å². The fourth-order valence-electron chi connectivity index (χ4n) is 1.73. The summed E-state index contributed by atoms with van der Waals surface area (Å²) in [5, 5.41) is 0. The number of esters is 1. The van der Waals surface area contributed by atoms with E-state index < -0.39 is 5.97 Å². The first-order valence-corrected chi connectivity index (χ1v) is 5.68. The molecule has 0 spiro atoms. The van der Waals surface area contributed by atoms with Crippen molar-refractivity contribution in [3.63, 3.8) is 0 Å². The number of nitrogens with two attached hydrogens (primary N) is 1. The van der Waals surface area contributed by atoms with E-state index in [4.69, 9.17) is 10.2 Å². The van der Waals surface area contributed by atoms with Crippen LogP contribution in [0.5, 0.6) is 0 Å². The second kappa shape index (κ2) is 5.51. The predicted molar refractivity (Wildman–Crippen MR) is 67.1 cm³/mol. The topological polar surface area (TPSA) is 65.5 Å². The number of carbonyl (C=O) groups is 1. The van der Waals surface area contributed by atoms with Gasteiger partial charge in [0.15, 0.2) is 0 Å². The highest BCUT2D eigenvalue weighted by Gasteiger charge is 2.15. The summed E-state index contributed by atoms with van der Waals surface area (Å²) in [5.74, 6) is 0.267. The van der Waals surface area contributed by atoms with E-state index in [2.05, 4.69) is 4.74 Å². The summed E-state index contributed by atoms with van der Waals surface area (Å²) in [6, 6.07) is 12.9. The average molecular weight is 245 g/mol. The maximum atomic E-state index is 11.3. The minimum absolute atomic E-state index is 0.177. The SMILES string of the molecule is COC(=O)c1ccc(C(N)Cc2ccccc2)o1. The molecule has 0 fully saturated rings. The van der Waals surface area contributed by atoms with Gasteiger partial charge in [-0.3, -0.25) is 0 Å². The number of hydrogen-bond acceptors (Lipinski definition) is 4. The summed E-state index contributed by atoms with van der Waals surface area (Å²) in [6.45, 7) is 0. The van der Waals surface area contributed by atoms with E-state index in [-0.39, 0.29) is 11.8 Å². The molecule has 1 aromatic heterocycles. The molecule has 4 heteroatoms. The van der Waals surface area contributed by atoms with Crippen LogP contribution >= 0.6 is 0 Å². The number of hydrogen-bond donors (Lipinski definition) is 1. The molecule has 2 aromatic rings. The summed E-state index contributed by atoms with van der Waals surface area (Å²) < 4.78 is 9.94. The predicted octanol–water partition coefficient (Wildman–Crippen LogP) is 2.31. The molecule has 0 saturated heterocycles. The Bertz CT molecular complexity index is 519. The van der Waals surface area contributed by atoms with Gasteiger partial charge in [0, 0.05) is 0 Å². The number of furan rings is 1. The lowest BCUT2D eigenvalue weighted by Gasteiger charge is -2.08. The molecule has 1 heterocycles. The zero-order valence-corrected chi connectivity index (χ0v) is 10.1. The molecule has 1 aromatic carbocycles. The van der Waals surface area contributed by atoms with Crippen LogP contribution in [0, 0.1) is 0 Å². The molecule has 2 N–H and O–H groups in total. The molecule has 1 atom stereocenters. The van der Waals surface area contributed by atoms with Crippen molar-refractivity contribution in [2.75, 3.05) is 7.11 Å². The van der Waals surface area contributed by atoms with Gasteiger partial charge in [0.25, 0.3) is 0 Å². The van der Waals surface area contributed by atoms with Gasteiger partial charge in [-0.05, 0) is 24.1 Å². The first-order valence-electron chi connectivity index (χ1n) is 5.68. The van der Waals surface area contributed by atoms with E-state index in [1.54, 1.807) is 12.1 Å². The lowest BCUT2D eigenvalue weighted by atomic mass is 10.1. The van der Waals surface area contributed by atoms with Gasteiger partial charge in [0.1, 0.15) is 5.76 Å². The van der Waals surface area contributed by atoms with Crippen molar-refractivity contribution in [1.29, 1.82) is 0 Å². The van der Waals surface area contributed by atoms with Crippen molar-refractivity contribution in [1.82, 2.24) is 0 Å². The summed E-state index contributed by atoms with van der Waals surface area (Å²) in [5.41, 5.74) is 7.16. The Morgan fingerprint density at radius 3 is 2.67 bits per heavy atom. The van der Waals surface area contributed by atoms with E-state index in [0.29, 0.717) is 12.2 Å². The van der Waals surface area contributed by atoms with E-state index >= 15 is 0 Å². The highest BCUT2D eigenvalue weighted by Crippen LogP contribution is 2.19. The van der Waals surface area contributed by atoms with Crippen molar-refractivity contribution in [3.8, 4) is 0 Å². The second-order valence-electron chi connectivity index (χ2n) is 3.99. The Morgan fingerprint density at radius 1 is 1.28 bits per heavy atom. The van der Waals surface area contributed by atoms with Crippen LogP contribution in [-0.2, 0) is 11.2 Å². The molecule has 1 unspecified atom stereocenters. The van der Waals surface area contributed by atoms with E-state index in [1.165, 1.54) is 7.11 Å². The van der Waals surface area contributed by atoms with Crippen molar-refractivity contribution in [2.45, 2.75) is 12.5 Å². The summed E-state index contributed by atoms with van der Waals surface area (Å²) >= 11 is 0. The van der Waals surface area contributed by atoms with Crippen LogP contribution in [0.3, 0.4) is 0 Å². The summed E-state index contributed by atoms with van der Waals surface area (Å²) in [7, 11) is 1.31. The monoisotopic (exact) mass is 245 g/mol. The van der Waals surface area contributed by atoms with Crippen LogP contribution < -0.4 is 5.73 Å². The zero-order valence-electron chi connectivity index (χ0n) is 10.1. The van der Waals surface area contributed by atoms with Crippen LogP contribution in [0.4, 0.5) is 0 Å². The molecule has 18 heavy (non-hydrogen) atoms. The normalized spacial score (nSPS) is 12.1. The summed E-state index contributed by atoms with van der Waals surface area (Å²) in [4.78, 5) is 11.3. The van der Waals surface area contributed by atoms with E-state index in [1.807, 2.05) is 30.3 Å². The maximum absolute atomic E-state index is 11.3. The molecular weight excluding hydrogens is 230 g/mol. The minimum atomic E-state index is -0.492. The zero-order chi connectivity index (χ0) is 13.0. The first kappa shape index (κ1) is 12.4. The van der Waals surface area contributed by atoms with Crippen molar-refractivity contribution in [3.05, 3.63) is 59.5 Å². The number of ether oxygens (including phenoxy) is 1. The molecule has 0 aliphatic heterocycles. The smallest absolute Gasteiger partial charge is 0.373 e. The van der Waals surface area contributed by atoms with Gasteiger partial charge in [-0.1, -0.05) is 30.3 Å². The van der Waals surface area contributed by atoms with Crippen LogP contribution in [0.25, 0.3) is 0 Å². The molecule has 0 saturated carbocycles. The molecule has 4 nitrogen and oxygen atoms in total. The fourth-order valence-corrected chi connectivity index (χ4v) is 1.73. The van der Waals surface area contributed by atoms with Gasteiger partial charge < -0.3 is 14.9 Å². The third-order valence-electron chi connectivity index (χ3n) is 2.68. The Balaban J connectivity index is 2.07. The van der Waals surface area contributed by atoms with Gasteiger partial charge in [-0.15, -0.1) is 0 Å². The Morgan fingerprint density at radius 2 is 2.00 bits per heavy atom. The fraction of sp³-hybridized carbons (Fsp3) is 0.214. The second-order valence-corrected chi connectivity index (χ2v) is 3.99. The molecule has 2 rings (SSSR count). The molecular formula is C14H15NO3. The number of carbonyl (C=O) groups excluding carboxylic acids is 1. The van der Waals surface area contributed by atoms with E-state index in [9.17, 15) is 4.79 Å². The Kier molecular flexibility index (Phi) is 3.79. The van der Waals surface area contributed by atoms with Crippen LogP contribution in [0.2, 0.25) is 0 Å². The number of rotatable bonds is 4. The minimum Gasteiger partial charge on any atom is -0.463 e. The third kappa shape index (κ3) is 2.78. The van der Waals surface area contributed by atoms with Gasteiger partial charge in [0.2, 0.25) is 5.76 Å². The quantitative estimate of drug-likeness (QED) is 0.839. The van der Waals surface area contributed by atoms with Gasteiger partial charge in [-0.2, -0.15) is 0 Å². The van der Waals surface area contributed by atoms with Crippen molar-refractivity contribution < 1.29 is 13.9 Å². The van der Waals surface area contributed by atoms with Gasteiger partial charge >= 0.3 is 5.97 Å². The van der Waals surface area contributed by atoms with E-state index in [0.717, 1.165) is 5.56 Å². The molecule has 0 bridgehead atoms. The van der Waals surface area contributed by atoms with Crippen molar-refractivity contribution in [2.24, 2.45) is 5.73 Å².